The zero-order valence-corrected chi connectivity index (χ0v) is 11.9. The number of likely N-dealkylation sites (N-methyl/N-ethyl adjacent to an activating group) is 1. The molecule has 1 heterocycles. The molecule has 0 spiro atoms. The third-order valence-electron chi connectivity index (χ3n) is 4.46. The average Bonchev–Trinajstić information content (AvgIpc) is 3.24. The quantitative estimate of drug-likeness (QED) is 0.880. The number of carbonyl (C=O) groups is 1. The third kappa shape index (κ3) is 2.11. The molecule has 4 nitrogen and oxygen atoms in total. The van der Waals surface area contributed by atoms with Gasteiger partial charge in [-0.15, -0.1) is 0 Å². The number of amides is 1. The molecule has 0 radical (unpaired) electrons. The molecule has 0 unspecified atom stereocenters. The summed E-state index contributed by atoms with van der Waals surface area (Å²) in [6, 6.07) is 3.57. The fourth-order valence-electron chi connectivity index (χ4n) is 2.86. The van der Waals surface area contributed by atoms with Crippen LogP contribution in [0.1, 0.15) is 24.0 Å². The van der Waals surface area contributed by atoms with Crippen LogP contribution in [-0.4, -0.2) is 37.0 Å². The molecule has 1 fully saturated rings. The van der Waals surface area contributed by atoms with Crippen molar-refractivity contribution in [1.29, 1.82) is 0 Å². The minimum absolute atomic E-state index is 0.102. The molecule has 1 aromatic carbocycles. The molecule has 1 aliphatic carbocycles. The van der Waals surface area contributed by atoms with Crippen molar-refractivity contribution in [2.45, 2.75) is 31.3 Å². The van der Waals surface area contributed by atoms with Gasteiger partial charge in [0.1, 0.15) is 11.4 Å². The molecule has 2 aliphatic rings. The number of nitrogens with one attached hydrogen (secondary N) is 2. The molecule has 3 rings (SSSR count). The van der Waals surface area contributed by atoms with Crippen LogP contribution in [-0.2, 0) is 17.8 Å². The Labute approximate surface area is 118 Å². The van der Waals surface area contributed by atoms with Gasteiger partial charge in [-0.1, -0.05) is 6.07 Å². The summed E-state index contributed by atoms with van der Waals surface area (Å²) < 4.78 is 14.5. The van der Waals surface area contributed by atoms with Gasteiger partial charge in [0.15, 0.2) is 0 Å². The Hall–Kier alpha value is -1.46. The van der Waals surface area contributed by atoms with Crippen LogP contribution < -0.4 is 10.6 Å². The number of anilines is 1. The van der Waals surface area contributed by atoms with E-state index in [4.69, 9.17) is 0 Å². The van der Waals surface area contributed by atoms with Crippen LogP contribution in [0, 0.1) is 5.82 Å². The van der Waals surface area contributed by atoms with Crippen LogP contribution in [0.5, 0.6) is 0 Å². The van der Waals surface area contributed by atoms with E-state index in [1.165, 1.54) is 0 Å². The topological polar surface area (TPSA) is 44.4 Å². The summed E-state index contributed by atoms with van der Waals surface area (Å²) in [7, 11) is 3.78. The molecule has 1 aromatic rings. The van der Waals surface area contributed by atoms with E-state index in [1.807, 2.05) is 25.1 Å². The van der Waals surface area contributed by atoms with E-state index in [-0.39, 0.29) is 11.7 Å². The summed E-state index contributed by atoms with van der Waals surface area (Å²) >= 11 is 0. The molecular formula is C15H20FN3O. The Morgan fingerprint density at radius 1 is 1.40 bits per heavy atom. The highest BCUT2D eigenvalue weighted by molar-refractivity contribution is 6.00. The number of benzene rings is 1. The van der Waals surface area contributed by atoms with Crippen LogP contribution >= 0.6 is 0 Å². The van der Waals surface area contributed by atoms with E-state index < -0.39 is 5.54 Å². The highest BCUT2D eigenvalue weighted by Gasteiger charge is 2.52. The molecule has 20 heavy (non-hydrogen) atoms. The zero-order valence-electron chi connectivity index (χ0n) is 11.9. The van der Waals surface area contributed by atoms with Gasteiger partial charge in [-0.2, -0.15) is 0 Å². The molecule has 0 bridgehead atoms. The van der Waals surface area contributed by atoms with Crippen molar-refractivity contribution in [2.75, 3.05) is 26.0 Å². The minimum Gasteiger partial charge on any atom is -0.322 e. The van der Waals surface area contributed by atoms with Crippen LogP contribution in [0.15, 0.2) is 12.1 Å². The lowest BCUT2D eigenvalue weighted by atomic mass is 9.99. The summed E-state index contributed by atoms with van der Waals surface area (Å²) in [4.78, 5) is 14.2. The van der Waals surface area contributed by atoms with Gasteiger partial charge in [-0.05, 0) is 57.1 Å². The number of hydrogen-bond acceptors (Lipinski definition) is 3. The Morgan fingerprint density at radius 3 is 2.80 bits per heavy atom. The van der Waals surface area contributed by atoms with Gasteiger partial charge in [0, 0.05) is 6.54 Å². The highest BCUT2D eigenvalue weighted by atomic mass is 19.1. The largest absolute Gasteiger partial charge is 0.322 e. The first-order valence-electron chi connectivity index (χ1n) is 7.04. The van der Waals surface area contributed by atoms with Crippen molar-refractivity contribution in [1.82, 2.24) is 10.2 Å². The van der Waals surface area contributed by atoms with Crippen molar-refractivity contribution in [3.05, 3.63) is 29.1 Å². The van der Waals surface area contributed by atoms with Crippen LogP contribution in [0.25, 0.3) is 0 Å². The lowest BCUT2D eigenvalue weighted by Crippen LogP contribution is -2.42. The van der Waals surface area contributed by atoms with Crippen LogP contribution in [0.3, 0.4) is 0 Å². The first-order valence-corrected chi connectivity index (χ1v) is 7.04. The lowest BCUT2D eigenvalue weighted by Gasteiger charge is -2.24. The molecule has 108 valence electrons. The zero-order chi connectivity index (χ0) is 14.3. The number of fused-ring (bicyclic) bond motifs is 1. The molecule has 0 atom stereocenters. The predicted octanol–water partition coefficient (Wildman–Crippen LogP) is 1.50. The van der Waals surface area contributed by atoms with E-state index in [2.05, 4.69) is 10.6 Å². The Bertz CT molecular complexity index is 552. The fourth-order valence-corrected chi connectivity index (χ4v) is 2.86. The second-order valence-electron chi connectivity index (χ2n) is 5.87. The third-order valence-corrected chi connectivity index (χ3v) is 4.46. The van der Waals surface area contributed by atoms with Crippen molar-refractivity contribution in [2.24, 2.45) is 0 Å². The molecular weight excluding hydrogens is 257 g/mol. The van der Waals surface area contributed by atoms with Crippen molar-refractivity contribution in [3.8, 4) is 0 Å². The van der Waals surface area contributed by atoms with Gasteiger partial charge in [0.05, 0.1) is 5.69 Å². The smallest absolute Gasteiger partial charge is 0.244 e. The Kier molecular flexibility index (Phi) is 3.26. The normalized spacial score (nSPS) is 19.6. The van der Waals surface area contributed by atoms with E-state index in [0.717, 1.165) is 30.5 Å². The number of halogens is 1. The maximum absolute atomic E-state index is 14.5. The number of rotatable bonds is 3. The van der Waals surface area contributed by atoms with Gasteiger partial charge in [-0.3, -0.25) is 9.69 Å². The average molecular weight is 277 g/mol. The van der Waals surface area contributed by atoms with Crippen molar-refractivity contribution >= 4 is 11.6 Å². The van der Waals surface area contributed by atoms with Gasteiger partial charge in [0.25, 0.3) is 0 Å². The first-order chi connectivity index (χ1) is 9.54. The van der Waals surface area contributed by atoms with E-state index in [1.54, 1.807) is 6.07 Å². The first kappa shape index (κ1) is 13.5. The molecule has 2 N–H and O–H groups in total. The molecule has 5 heteroatoms. The van der Waals surface area contributed by atoms with Gasteiger partial charge in [-0.25, -0.2) is 4.39 Å². The summed E-state index contributed by atoms with van der Waals surface area (Å²) in [6.45, 7) is 1.48. The summed E-state index contributed by atoms with van der Waals surface area (Å²) in [5.41, 5.74) is 1.59. The van der Waals surface area contributed by atoms with Crippen molar-refractivity contribution < 1.29 is 9.18 Å². The number of carbonyl (C=O) groups excluding carboxylic acids is 1. The molecule has 1 aliphatic heterocycles. The Balaban J connectivity index is 1.83. The second kappa shape index (κ2) is 4.82. The maximum atomic E-state index is 14.5. The number of hydrogen-bond donors (Lipinski definition) is 2. The minimum atomic E-state index is -0.441. The number of nitrogens with zero attached hydrogens (tertiary/aromatic N) is 1. The highest BCUT2D eigenvalue weighted by Crippen LogP contribution is 2.41. The Morgan fingerprint density at radius 2 is 2.15 bits per heavy atom. The fraction of sp³-hybridized carbons (Fsp3) is 0.533. The van der Waals surface area contributed by atoms with E-state index in [9.17, 15) is 9.18 Å². The van der Waals surface area contributed by atoms with E-state index in [0.29, 0.717) is 18.7 Å². The predicted molar refractivity (Wildman–Crippen MR) is 76.1 cm³/mol. The van der Waals surface area contributed by atoms with Crippen LogP contribution in [0.4, 0.5) is 10.1 Å². The van der Waals surface area contributed by atoms with E-state index >= 15 is 0 Å². The lowest BCUT2D eigenvalue weighted by molar-refractivity contribution is -0.121. The molecule has 1 saturated carbocycles. The van der Waals surface area contributed by atoms with Gasteiger partial charge >= 0.3 is 0 Å². The molecule has 0 aromatic heterocycles. The molecule has 0 saturated heterocycles. The van der Waals surface area contributed by atoms with Gasteiger partial charge in [0.2, 0.25) is 5.91 Å². The maximum Gasteiger partial charge on any atom is 0.244 e. The van der Waals surface area contributed by atoms with Crippen molar-refractivity contribution in [3.63, 3.8) is 0 Å². The SMILES string of the molecule is CN(C)C1(C(=O)Nc2ccc3c(c2F)CCNC3)CC1. The second-order valence-corrected chi connectivity index (χ2v) is 5.87. The summed E-state index contributed by atoms with van der Waals surface area (Å²) in [6.07, 6.45) is 2.34. The monoisotopic (exact) mass is 277 g/mol. The summed E-state index contributed by atoms with van der Waals surface area (Å²) in [5.74, 6) is -0.373. The summed E-state index contributed by atoms with van der Waals surface area (Å²) in [5, 5.41) is 5.99. The standard InChI is InChI=1S/C15H20FN3O/c1-19(2)15(6-7-15)14(20)18-12-4-3-10-9-17-8-5-11(10)13(12)16/h3-4,17H,5-9H2,1-2H3,(H,18,20). The van der Waals surface area contributed by atoms with Gasteiger partial charge < -0.3 is 10.6 Å². The molecule has 1 amide bonds. The van der Waals surface area contributed by atoms with Crippen LogP contribution in [0.2, 0.25) is 0 Å².